The number of thiophene rings is 1. The van der Waals surface area contributed by atoms with Crippen LogP contribution in [0, 0.1) is 0 Å². The van der Waals surface area contributed by atoms with Crippen molar-refractivity contribution in [2.45, 2.75) is 18.9 Å². The highest BCUT2D eigenvalue weighted by Gasteiger charge is 2.30. The summed E-state index contributed by atoms with van der Waals surface area (Å²) >= 11 is 3.03. The Balaban J connectivity index is 1.70. The summed E-state index contributed by atoms with van der Waals surface area (Å²) in [6.45, 7) is 0.789. The van der Waals surface area contributed by atoms with Gasteiger partial charge in [0, 0.05) is 11.4 Å². The van der Waals surface area contributed by atoms with Crippen molar-refractivity contribution >= 4 is 33.8 Å². The van der Waals surface area contributed by atoms with E-state index in [2.05, 4.69) is 21.7 Å². The first-order chi connectivity index (χ1) is 9.78. The van der Waals surface area contributed by atoms with E-state index in [9.17, 15) is 4.79 Å². The molecule has 0 bridgehead atoms. The highest BCUT2D eigenvalue weighted by atomic mass is 32.1. The Kier molecular flexibility index (Phi) is 3.88. The molecule has 1 fully saturated rings. The first kappa shape index (κ1) is 13.4. The highest BCUT2D eigenvalue weighted by Crippen LogP contribution is 2.35. The van der Waals surface area contributed by atoms with Crippen molar-refractivity contribution in [3.63, 3.8) is 0 Å². The Bertz CT molecular complexity index is 582. The van der Waals surface area contributed by atoms with E-state index in [1.807, 2.05) is 11.0 Å². The van der Waals surface area contributed by atoms with E-state index in [0.717, 1.165) is 19.4 Å². The molecule has 2 aromatic heterocycles. The van der Waals surface area contributed by atoms with Crippen LogP contribution in [0.1, 0.15) is 23.8 Å². The van der Waals surface area contributed by atoms with E-state index in [4.69, 9.17) is 4.74 Å². The number of aromatic nitrogens is 1. The number of methoxy groups -OCH3 is 1. The van der Waals surface area contributed by atoms with Gasteiger partial charge >= 0.3 is 6.03 Å². The number of anilines is 1. The summed E-state index contributed by atoms with van der Waals surface area (Å²) < 4.78 is 5.07. The largest absolute Gasteiger partial charge is 0.486 e. The van der Waals surface area contributed by atoms with Gasteiger partial charge in [0.1, 0.15) is 0 Å². The van der Waals surface area contributed by atoms with Crippen molar-refractivity contribution in [3.05, 3.63) is 28.6 Å². The second-order valence-corrected chi connectivity index (χ2v) is 6.46. The summed E-state index contributed by atoms with van der Waals surface area (Å²) in [5, 5.41) is 6.16. The fraction of sp³-hybridized carbons (Fsp3) is 0.385. The lowest BCUT2D eigenvalue weighted by atomic mass is 10.2. The monoisotopic (exact) mass is 309 g/mol. The number of nitrogens with zero attached hydrogens (tertiary/aromatic N) is 2. The number of carbonyl (C=O) groups excluding carboxylic acids is 1. The summed E-state index contributed by atoms with van der Waals surface area (Å²) in [7, 11) is 1.59. The molecule has 3 heterocycles. The minimum atomic E-state index is -0.0853. The molecule has 1 aliphatic rings. The third-order valence-corrected chi connectivity index (χ3v) is 5.13. The number of rotatable bonds is 3. The second kappa shape index (κ2) is 5.80. The Labute approximate surface area is 125 Å². The lowest BCUT2D eigenvalue weighted by molar-refractivity contribution is 0.208. The average molecular weight is 309 g/mol. The van der Waals surface area contributed by atoms with E-state index in [1.165, 1.54) is 16.2 Å². The maximum absolute atomic E-state index is 12.4. The van der Waals surface area contributed by atoms with Crippen LogP contribution in [-0.4, -0.2) is 29.6 Å². The molecule has 20 heavy (non-hydrogen) atoms. The first-order valence-electron chi connectivity index (χ1n) is 6.39. The Morgan fingerprint density at radius 3 is 3.20 bits per heavy atom. The molecule has 1 unspecified atom stereocenters. The number of hydrogen-bond donors (Lipinski definition) is 1. The summed E-state index contributed by atoms with van der Waals surface area (Å²) in [4.78, 5) is 19.6. The minimum absolute atomic E-state index is 0.0853. The molecule has 106 valence electrons. The predicted molar refractivity (Wildman–Crippen MR) is 80.7 cm³/mol. The molecule has 0 aromatic carbocycles. The average Bonchev–Trinajstić information content (AvgIpc) is 3.19. The van der Waals surface area contributed by atoms with Crippen LogP contribution in [0.5, 0.6) is 5.06 Å². The zero-order chi connectivity index (χ0) is 13.9. The van der Waals surface area contributed by atoms with E-state index in [1.54, 1.807) is 24.6 Å². The molecule has 5 nitrogen and oxygen atoms in total. The Morgan fingerprint density at radius 1 is 1.60 bits per heavy atom. The van der Waals surface area contributed by atoms with Gasteiger partial charge in [-0.2, -0.15) is 0 Å². The highest BCUT2D eigenvalue weighted by molar-refractivity contribution is 7.17. The fourth-order valence-corrected chi connectivity index (χ4v) is 3.86. The van der Waals surface area contributed by atoms with Crippen molar-refractivity contribution in [3.8, 4) is 5.06 Å². The molecule has 1 N–H and O–H groups in total. The van der Waals surface area contributed by atoms with Gasteiger partial charge in [0.15, 0.2) is 10.2 Å². The van der Waals surface area contributed by atoms with Gasteiger partial charge in [0.2, 0.25) is 0 Å². The molecule has 7 heteroatoms. The van der Waals surface area contributed by atoms with E-state index >= 15 is 0 Å². The molecular weight excluding hydrogens is 294 g/mol. The number of nitrogens with one attached hydrogen (secondary N) is 1. The van der Waals surface area contributed by atoms with E-state index in [-0.39, 0.29) is 12.1 Å². The number of carbonyl (C=O) groups is 1. The van der Waals surface area contributed by atoms with Gasteiger partial charge in [0.25, 0.3) is 0 Å². The number of amides is 2. The van der Waals surface area contributed by atoms with E-state index in [0.29, 0.717) is 10.2 Å². The van der Waals surface area contributed by atoms with Crippen LogP contribution in [0.3, 0.4) is 0 Å². The van der Waals surface area contributed by atoms with Crippen molar-refractivity contribution in [1.29, 1.82) is 0 Å². The van der Waals surface area contributed by atoms with Gasteiger partial charge < -0.3 is 9.64 Å². The van der Waals surface area contributed by atoms with Crippen molar-refractivity contribution in [1.82, 2.24) is 9.88 Å². The Hall–Kier alpha value is -1.60. The van der Waals surface area contributed by atoms with Crippen molar-refractivity contribution in [2.75, 3.05) is 19.0 Å². The summed E-state index contributed by atoms with van der Waals surface area (Å²) in [5.74, 6) is 0. The molecule has 0 saturated carbocycles. The Morgan fingerprint density at radius 2 is 2.50 bits per heavy atom. The molecule has 2 aromatic rings. The molecule has 3 rings (SSSR count). The standard InChI is InChI=1S/C13H15N3O2S2/c1-18-11-8-14-12(20-11)15-13(17)16-6-2-4-9(16)10-5-3-7-19-10/h3,5,7-9H,2,4,6H2,1H3,(H,14,15,17). The SMILES string of the molecule is COc1cnc(NC(=O)N2CCCC2c2cccs2)s1. The zero-order valence-electron chi connectivity index (χ0n) is 11.0. The lowest BCUT2D eigenvalue weighted by Gasteiger charge is -2.23. The maximum atomic E-state index is 12.4. The van der Waals surface area contributed by atoms with Crippen LogP contribution in [0.2, 0.25) is 0 Å². The number of likely N-dealkylation sites (tertiary alicyclic amines) is 1. The van der Waals surface area contributed by atoms with Crippen LogP contribution in [0.4, 0.5) is 9.93 Å². The second-order valence-electron chi connectivity index (χ2n) is 4.49. The third-order valence-electron chi connectivity index (χ3n) is 3.28. The normalized spacial score (nSPS) is 18.2. The van der Waals surface area contributed by atoms with Gasteiger partial charge in [-0.25, -0.2) is 9.78 Å². The molecule has 1 saturated heterocycles. The predicted octanol–water partition coefficient (Wildman–Crippen LogP) is 3.58. The summed E-state index contributed by atoms with van der Waals surface area (Å²) in [6.07, 6.45) is 3.67. The quantitative estimate of drug-likeness (QED) is 0.943. The number of hydrogen-bond acceptors (Lipinski definition) is 5. The molecule has 1 aliphatic heterocycles. The summed E-state index contributed by atoms with van der Waals surface area (Å²) in [5.41, 5.74) is 0. The van der Waals surface area contributed by atoms with Crippen LogP contribution >= 0.6 is 22.7 Å². The summed E-state index contributed by atoms with van der Waals surface area (Å²) in [6, 6.07) is 4.22. The molecule has 0 radical (unpaired) electrons. The van der Waals surface area contributed by atoms with Crippen molar-refractivity contribution in [2.24, 2.45) is 0 Å². The molecule has 1 atom stereocenters. The van der Waals surface area contributed by atoms with E-state index < -0.39 is 0 Å². The molecular formula is C13H15N3O2S2. The van der Waals surface area contributed by atoms with Gasteiger partial charge in [-0.05, 0) is 24.3 Å². The van der Waals surface area contributed by atoms with Crippen LogP contribution in [0.25, 0.3) is 0 Å². The number of urea groups is 1. The topological polar surface area (TPSA) is 54.5 Å². The van der Waals surface area contributed by atoms with Gasteiger partial charge in [-0.3, -0.25) is 5.32 Å². The third kappa shape index (κ3) is 2.64. The van der Waals surface area contributed by atoms with Gasteiger partial charge in [-0.1, -0.05) is 17.4 Å². The zero-order valence-corrected chi connectivity index (χ0v) is 12.7. The van der Waals surface area contributed by atoms with Crippen LogP contribution in [-0.2, 0) is 0 Å². The molecule has 2 amide bonds. The minimum Gasteiger partial charge on any atom is -0.486 e. The number of ether oxygens (including phenoxy) is 1. The van der Waals surface area contributed by atoms with Gasteiger partial charge in [0.05, 0.1) is 19.3 Å². The molecule has 0 spiro atoms. The smallest absolute Gasteiger partial charge is 0.324 e. The fourth-order valence-electron chi connectivity index (χ4n) is 2.36. The molecule has 0 aliphatic carbocycles. The van der Waals surface area contributed by atoms with Crippen molar-refractivity contribution < 1.29 is 9.53 Å². The maximum Gasteiger partial charge on any atom is 0.324 e. The lowest BCUT2D eigenvalue weighted by Crippen LogP contribution is -2.34. The van der Waals surface area contributed by atoms with Crippen LogP contribution in [0.15, 0.2) is 23.7 Å². The first-order valence-corrected chi connectivity index (χ1v) is 8.08. The van der Waals surface area contributed by atoms with Crippen LogP contribution < -0.4 is 10.1 Å². The number of thiazole rings is 1. The van der Waals surface area contributed by atoms with Gasteiger partial charge in [-0.15, -0.1) is 11.3 Å².